The van der Waals surface area contributed by atoms with Crippen LogP contribution in [-0.2, 0) is 16.0 Å². The highest BCUT2D eigenvalue weighted by atomic mass is 16.5. The minimum Gasteiger partial charge on any atom is -0.496 e. The maximum absolute atomic E-state index is 11.5. The van der Waals surface area contributed by atoms with Gasteiger partial charge in [0, 0.05) is 32.7 Å². The van der Waals surface area contributed by atoms with Crippen molar-refractivity contribution in [3.63, 3.8) is 0 Å². The molecule has 118 valence electrons. The summed E-state index contributed by atoms with van der Waals surface area (Å²) in [4.78, 5) is 11.5. The Balaban J connectivity index is 2.25. The Morgan fingerprint density at radius 1 is 1.24 bits per heavy atom. The van der Waals surface area contributed by atoms with E-state index in [9.17, 15) is 4.79 Å². The summed E-state index contributed by atoms with van der Waals surface area (Å²) in [5.41, 5.74) is 1.17. The van der Waals surface area contributed by atoms with E-state index < -0.39 is 0 Å². The average Bonchev–Trinajstić information content (AvgIpc) is 2.48. The molecule has 0 aromatic heterocycles. The maximum atomic E-state index is 11.5. The molecule has 0 fully saturated rings. The lowest BCUT2D eigenvalue weighted by atomic mass is 10.1. The second-order valence-corrected chi connectivity index (χ2v) is 4.96. The van der Waals surface area contributed by atoms with E-state index >= 15 is 0 Å². The molecule has 0 aliphatic rings. The minimum atomic E-state index is 0.0454. The first-order valence-electron chi connectivity index (χ1n) is 7.28. The fraction of sp³-hybridized carbons (Fsp3) is 0.562. The van der Waals surface area contributed by atoms with Gasteiger partial charge in [-0.3, -0.25) is 4.79 Å². The number of carbonyl (C=O) groups is 1. The number of hydrogen-bond acceptors (Lipinski definition) is 4. The molecule has 0 saturated carbocycles. The van der Waals surface area contributed by atoms with E-state index in [1.165, 1.54) is 5.56 Å². The van der Waals surface area contributed by atoms with Crippen molar-refractivity contribution in [1.29, 1.82) is 0 Å². The van der Waals surface area contributed by atoms with Crippen molar-refractivity contribution in [2.75, 3.05) is 33.9 Å². The average molecular weight is 294 g/mol. The summed E-state index contributed by atoms with van der Waals surface area (Å²) in [6, 6.07) is 8.28. The number of nitrogens with one attached hydrogen (secondary N) is 2. The lowest BCUT2D eigenvalue weighted by Crippen LogP contribution is -2.34. The molecular weight excluding hydrogens is 268 g/mol. The number of rotatable bonds is 10. The largest absolute Gasteiger partial charge is 0.496 e. The van der Waals surface area contributed by atoms with Gasteiger partial charge >= 0.3 is 0 Å². The molecule has 5 heteroatoms. The van der Waals surface area contributed by atoms with Crippen LogP contribution in [-0.4, -0.2) is 45.9 Å². The normalized spacial score (nSPS) is 12.0. The first-order valence-corrected chi connectivity index (χ1v) is 7.28. The Morgan fingerprint density at radius 3 is 2.71 bits per heavy atom. The van der Waals surface area contributed by atoms with E-state index in [2.05, 4.69) is 23.6 Å². The molecule has 1 rings (SSSR count). The SMILES string of the molecule is COCCNC(=O)CCNC(C)Cc1ccccc1OC. The highest BCUT2D eigenvalue weighted by Crippen LogP contribution is 2.18. The quantitative estimate of drug-likeness (QED) is 0.640. The van der Waals surface area contributed by atoms with Crippen LogP contribution in [0.1, 0.15) is 18.9 Å². The fourth-order valence-corrected chi connectivity index (χ4v) is 2.09. The molecule has 0 saturated heterocycles. The molecule has 1 amide bonds. The van der Waals surface area contributed by atoms with Crippen LogP contribution in [0.4, 0.5) is 0 Å². The predicted octanol–water partition coefficient (Wildman–Crippen LogP) is 1.37. The van der Waals surface area contributed by atoms with Crippen LogP contribution in [0, 0.1) is 0 Å². The smallest absolute Gasteiger partial charge is 0.221 e. The summed E-state index contributed by atoms with van der Waals surface area (Å²) in [6.07, 6.45) is 1.34. The molecule has 5 nitrogen and oxygen atoms in total. The van der Waals surface area contributed by atoms with Crippen LogP contribution in [0.25, 0.3) is 0 Å². The summed E-state index contributed by atoms with van der Waals surface area (Å²) in [6.45, 7) is 3.87. The second kappa shape index (κ2) is 10.2. The van der Waals surface area contributed by atoms with Gasteiger partial charge in [-0.2, -0.15) is 0 Å². The Hall–Kier alpha value is -1.59. The summed E-state index contributed by atoms with van der Waals surface area (Å²) in [7, 11) is 3.30. The molecule has 0 aliphatic heterocycles. The van der Waals surface area contributed by atoms with Gasteiger partial charge in [-0.1, -0.05) is 18.2 Å². The fourth-order valence-electron chi connectivity index (χ4n) is 2.09. The van der Waals surface area contributed by atoms with Crippen molar-refractivity contribution < 1.29 is 14.3 Å². The lowest BCUT2D eigenvalue weighted by Gasteiger charge is -2.15. The standard InChI is InChI=1S/C16H26N2O3/c1-13(12-14-6-4-5-7-15(14)21-3)17-9-8-16(19)18-10-11-20-2/h4-7,13,17H,8-12H2,1-3H3,(H,18,19). The van der Waals surface area contributed by atoms with E-state index in [0.29, 0.717) is 26.1 Å². The molecule has 0 spiro atoms. The highest BCUT2D eigenvalue weighted by molar-refractivity contribution is 5.76. The van der Waals surface area contributed by atoms with Crippen LogP contribution >= 0.6 is 0 Å². The van der Waals surface area contributed by atoms with Gasteiger partial charge in [0.15, 0.2) is 0 Å². The van der Waals surface area contributed by atoms with Crippen molar-refractivity contribution in [2.45, 2.75) is 25.8 Å². The number of benzene rings is 1. The number of amides is 1. The third kappa shape index (κ3) is 7.11. The Kier molecular flexibility index (Phi) is 8.47. The molecule has 1 unspecified atom stereocenters. The van der Waals surface area contributed by atoms with E-state index in [4.69, 9.17) is 9.47 Å². The van der Waals surface area contributed by atoms with Gasteiger partial charge in [0.2, 0.25) is 5.91 Å². The number of methoxy groups -OCH3 is 2. The third-order valence-corrected chi connectivity index (χ3v) is 3.19. The Labute approximate surface area is 127 Å². The summed E-state index contributed by atoms with van der Waals surface area (Å²) >= 11 is 0. The number of ether oxygens (including phenoxy) is 2. The van der Waals surface area contributed by atoms with Crippen LogP contribution in [0.3, 0.4) is 0 Å². The van der Waals surface area contributed by atoms with Gasteiger partial charge in [0.1, 0.15) is 5.75 Å². The Bertz CT molecular complexity index is 424. The van der Waals surface area contributed by atoms with E-state index in [-0.39, 0.29) is 11.9 Å². The molecule has 1 atom stereocenters. The lowest BCUT2D eigenvalue weighted by molar-refractivity contribution is -0.121. The molecule has 21 heavy (non-hydrogen) atoms. The first kappa shape index (κ1) is 17.5. The molecule has 0 aliphatic carbocycles. The van der Waals surface area contributed by atoms with Gasteiger partial charge in [-0.15, -0.1) is 0 Å². The van der Waals surface area contributed by atoms with E-state index in [0.717, 1.165) is 12.2 Å². The predicted molar refractivity (Wildman–Crippen MR) is 83.7 cm³/mol. The molecule has 0 bridgehead atoms. The van der Waals surface area contributed by atoms with Gasteiger partial charge in [-0.25, -0.2) is 0 Å². The molecule has 0 radical (unpaired) electrons. The molecule has 0 heterocycles. The van der Waals surface area contributed by atoms with Crippen molar-refractivity contribution in [1.82, 2.24) is 10.6 Å². The third-order valence-electron chi connectivity index (χ3n) is 3.19. The van der Waals surface area contributed by atoms with Gasteiger partial charge in [0.05, 0.1) is 13.7 Å². The monoisotopic (exact) mass is 294 g/mol. The van der Waals surface area contributed by atoms with Crippen molar-refractivity contribution in [3.8, 4) is 5.75 Å². The van der Waals surface area contributed by atoms with E-state index in [1.54, 1.807) is 14.2 Å². The topological polar surface area (TPSA) is 59.6 Å². The number of hydrogen-bond donors (Lipinski definition) is 2. The molecule has 1 aromatic carbocycles. The van der Waals surface area contributed by atoms with Crippen molar-refractivity contribution >= 4 is 5.91 Å². The second-order valence-electron chi connectivity index (χ2n) is 4.96. The summed E-state index contributed by atoms with van der Waals surface area (Å²) in [5, 5.41) is 6.16. The Morgan fingerprint density at radius 2 is 2.00 bits per heavy atom. The van der Waals surface area contributed by atoms with Crippen LogP contribution in [0.5, 0.6) is 5.75 Å². The van der Waals surface area contributed by atoms with Gasteiger partial charge in [-0.05, 0) is 25.0 Å². The summed E-state index contributed by atoms with van der Waals surface area (Å²) < 4.78 is 10.2. The van der Waals surface area contributed by atoms with Crippen LogP contribution in [0.15, 0.2) is 24.3 Å². The zero-order chi connectivity index (χ0) is 15.5. The maximum Gasteiger partial charge on any atom is 0.221 e. The molecular formula is C16H26N2O3. The molecule has 2 N–H and O–H groups in total. The first-order chi connectivity index (χ1) is 10.2. The highest BCUT2D eigenvalue weighted by Gasteiger charge is 2.08. The minimum absolute atomic E-state index is 0.0454. The zero-order valence-electron chi connectivity index (χ0n) is 13.1. The summed E-state index contributed by atoms with van der Waals surface area (Å²) in [5.74, 6) is 0.951. The van der Waals surface area contributed by atoms with Gasteiger partial charge in [0.25, 0.3) is 0 Å². The van der Waals surface area contributed by atoms with E-state index in [1.807, 2.05) is 18.2 Å². The number of carbonyl (C=O) groups excluding carboxylic acids is 1. The van der Waals surface area contributed by atoms with Crippen LogP contribution in [0.2, 0.25) is 0 Å². The van der Waals surface area contributed by atoms with Crippen LogP contribution < -0.4 is 15.4 Å². The number of para-hydroxylation sites is 1. The van der Waals surface area contributed by atoms with Gasteiger partial charge < -0.3 is 20.1 Å². The molecule has 1 aromatic rings. The zero-order valence-corrected chi connectivity index (χ0v) is 13.1. The van der Waals surface area contributed by atoms with Crippen molar-refractivity contribution in [2.24, 2.45) is 0 Å². The van der Waals surface area contributed by atoms with Crippen molar-refractivity contribution in [3.05, 3.63) is 29.8 Å².